The molecule has 11 heavy (non-hydrogen) atoms. The molecule has 0 bridgehead atoms. The van der Waals surface area contributed by atoms with E-state index in [1.165, 1.54) is 0 Å². The van der Waals surface area contributed by atoms with Crippen molar-refractivity contribution >= 4 is 11.2 Å². The van der Waals surface area contributed by atoms with E-state index in [0.717, 1.165) is 11.1 Å². The Kier molecular flexibility index (Phi) is 1.13. The van der Waals surface area contributed by atoms with Gasteiger partial charge in [0.2, 0.25) is 0 Å². The zero-order chi connectivity index (χ0) is 7.68. The van der Waals surface area contributed by atoms with Gasteiger partial charge in [0.15, 0.2) is 5.65 Å². The monoisotopic (exact) mass is 143 g/mol. The molecule has 0 aliphatic carbocycles. The second-order valence-corrected chi connectivity index (χ2v) is 2.10. The fourth-order valence-corrected chi connectivity index (χ4v) is 0.969. The fraction of sp³-hybridized carbons (Fsp3) is 0. The predicted octanol–water partition coefficient (Wildman–Crippen LogP) is 0.939. The Hall–Kier alpha value is -1.82. The summed E-state index contributed by atoms with van der Waals surface area (Å²) in [7, 11) is 0. The average Bonchev–Trinajstić information content (AvgIpc) is 2.50. The lowest BCUT2D eigenvalue weighted by Gasteiger charge is -1.89. The zero-order valence-corrected chi connectivity index (χ0v) is 5.70. The quantitative estimate of drug-likeness (QED) is 0.557. The molecule has 0 saturated carbocycles. The van der Waals surface area contributed by atoms with Crippen LogP contribution in [0.4, 0.5) is 0 Å². The summed E-state index contributed by atoms with van der Waals surface area (Å²) >= 11 is 0. The van der Waals surface area contributed by atoms with Crippen molar-refractivity contribution in [2.45, 2.75) is 0 Å². The van der Waals surface area contributed by atoms with Crippen molar-refractivity contribution in [3.63, 3.8) is 0 Å². The number of rotatable bonds is 0. The molecule has 52 valence electrons. The number of imidazole rings is 1. The summed E-state index contributed by atoms with van der Waals surface area (Å²) in [5, 5.41) is 0. The van der Waals surface area contributed by atoms with E-state index in [9.17, 15) is 0 Å². The molecule has 2 aromatic rings. The van der Waals surface area contributed by atoms with Gasteiger partial charge in [-0.1, -0.05) is 5.92 Å². The Morgan fingerprint density at radius 1 is 1.45 bits per heavy atom. The fourth-order valence-electron chi connectivity index (χ4n) is 0.969. The standard InChI is InChI=1S/C8H5N3/c1-2-6-3-4-9-8-7(6)10-5-11-8/h1,3-5H,(H,9,10,11). The molecule has 0 fully saturated rings. The number of nitrogens with zero attached hydrogens (tertiary/aromatic N) is 2. The van der Waals surface area contributed by atoms with E-state index in [1.807, 2.05) is 0 Å². The number of pyridine rings is 1. The Labute approximate surface area is 63.5 Å². The minimum atomic E-state index is 0.667. The summed E-state index contributed by atoms with van der Waals surface area (Å²) < 4.78 is 0. The van der Waals surface area contributed by atoms with Crippen molar-refractivity contribution in [2.24, 2.45) is 0 Å². The maximum atomic E-state index is 5.25. The lowest BCUT2D eigenvalue weighted by molar-refractivity contribution is 1.30. The molecule has 3 heteroatoms. The van der Waals surface area contributed by atoms with Gasteiger partial charge in [0.25, 0.3) is 0 Å². The van der Waals surface area contributed by atoms with E-state index in [2.05, 4.69) is 20.9 Å². The molecule has 0 saturated heterocycles. The number of hydrogen-bond donors (Lipinski definition) is 1. The van der Waals surface area contributed by atoms with Crippen LogP contribution in [0.5, 0.6) is 0 Å². The number of hydrogen-bond acceptors (Lipinski definition) is 2. The molecule has 0 amide bonds. The smallest absolute Gasteiger partial charge is 0.178 e. The highest BCUT2D eigenvalue weighted by molar-refractivity contribution is 5.77. The van der Waals surface area contributed by atoms with Crippen LogP contribution >= 0.6 is 0 Å². The highest BCUT2D eigenvalue weighted by Crippen LogP contribution is 2.09. The Morgan fingerprint density at radius 2 is 2.36 bits per heavy atom. The van der Waals surface area contributed by atoms with E-state index >= 15 is 0 Å². The number of nitrogens with one attached hydrogen (secondary N) is 1. The first-order valence-electron chi connectivity index (χ1n) is 3.16. The van der Waals surface area contributed by atoms with Crippen molar-refractivity contribution in [3.05, 3.63) is 24.2 Å². The third kappa shape index (κ3) is 0.767. The van der Waals surface area contributed by atoms with Crippen molar-refractivity contribution in [3.8, 4) is 12.3 Å². The minimum Gasteiger partial charge on any atom is -0.342 e. The Bertz CT molecular complexity index is 422. The second kappa shape index (κ2) is 2.10. The molecule has 0 radical (unpaired) electrons. The second-order valence-electron chi connectivity index (χ2n) is 2.10. The SMILES string of the molecule is C#Cc1ccnc2nc[nH]c12. The van der Waals surface area contributed by atoms with Gasteiger partial charge >= 0.3 is 0 Å². The molecule has 0 unspecified atom stereocenters. The molecule has 3 nitrogen and oxygen atoms in total. The minimum absolute atomic E-state index is 0.667. The molecule has 2 rings (SSSR count). The number of fused-ring (bicyclic) bond motifs is 1. The van der Waals surface area contributed by atoms with Gasteiger partial charge in [-0.3, -0.25) is 0 Å². The highest BCUT2D eigenvalue weighted by atomic mass is 14.9. The molecular weight excluding hydrogens is 138 g/mol. The van der Waals surface area contributed by atoms with Crippen molar-refractivity contribution < 1.29 is 0 Å². The van der Waals surface area contributed by atoms with Crippen molar-refractivity contribution in [2.75, 3.05) is 0 Å². The summed E-state index contributed by atoms with van der Waals surface area (Å²) in [5.41, 5.74) is 2.29. The van der Waals surface area contributed by atoms with E-state index in [0.29, 0.717) is 5.65 Å². The van der Waals surface area contributed by atoms with Crippen LogP contribution in [-0.2, 0) is 0 Å². The van der Waals surface area contributed by atoms with Gasteiger partial charge in [-0.15, -0.1) is 6.42 Å². The number of terminal acetylenes is 1. The first-order chi connectivity index (χ1) is 5.42. The van der Waals surface area contributed by atoms with Gasteiger partial charge in [-0.25, -0.2) is 9.97 Å². The zero-order valence-electron chi connectivity index (χ0n) is 5.70. The van der Waals surface area contributed by atoms with Crippen LogP contribution in [0.3, 0.4) is 0 Å². The molecular formula is C8H5N3. The molecule has 0 aromatic carbocycles. The normalized spacial score (nSPS) is 9.73. The number of aromatic amines is 1. The van der Waals surface area contributed by atoms with Gasteiger partial charge in [-0.2, -0.15) is 0 Å². The molecule has 0 aliphatic heterocycles. The Balaban J connectivity index is 2.92. The molecule has 1 N–H and O–H groups in total. The number of aromatic nitrogens is 3. The molecule has 2 aromatic heterocycles. The van der Waals surface area contributed by atoms with Crippen LogP contribution in [-0.4, -0.2) is 15.0 Å². The molecule has 2 heterocycles. The van der Waals surface area contributed by atoms with Crippen LogP contribution in [0.25, 0.3) is 11.2 Å². The first kappa shape index (κ1) is 5.93. The van der Waals surface area contributed by atoms with Crippen LogP contribution in [0.2, 0.25) is 0 Å². The number of H-pyrrole nitrogens is 1. The van der Waals surface area contributed by atoms with Gasteiger partial charge in [0.05, 0.1) is 11.9 Å². The topological polar surface area (TPSA) is 41.6 Å². The van der Waals surface area contributed by atoms with E-state index in [4.69, 9.17) is 6.42 Å². The van der Waals surface area contributed by atoms with Crippen LogP contribution < -0.4 is 0 Å². The molecule has 0 spiro atoms. The lowest BCUT2D eigenvalue weighted by Crippen LogP contribution is -1.80. The summed E-state index contributed by atoms with van der Waals surface area (Å²) in [6.07, 6.45) is 8.48. The van der Waals surface area contributed by atoms with Gasteiger partial charge < -0.3 is 4.98 Å². The third-order valence-electron chi connectivity index (χ3n) is 1.48. The van der Waals surface area contributed by atoms with Crippen LogP contribution in [0.1, 0.15) is 5.56 Å². The Morgan fingerprint density at radius 3 is 3.18 bits per heavy atom. The average molecular weight is 143 g/mol. The highest BCUT2D eigenvalue weighted by Gasteiger charge is 1.99. The summed E-state index contributed by atoms with van der Waals surface area (Å²) in [6.45, 7) is 0. The largest absolute Gasteiger partial charge is 0.342 e. The predicted molar refractivity (Wildman–Crippen MR) is 41.8 cm³/mol. The van der Waals surface area contributed by atoms with Crippen LogP contribution in [0, 0.1) is 12.3 Å². The van der Waals surface area contributed by atoms with Gasteiger partial charge in [0.1, 0.15) is 5.52 Å². The summed E-state index contributed by atoms with van der Waals surface area (Å²) in [4.78, 5) is 10.9. The maximum absolute atomic E-state index is 5.25. The first-order valence-corrected chi connectivity index (χ1v) is 3.16. The van der Waals surface area contributed by atoms with E-state index in [1.54, 1.807) is 18.6 Å². The lowest BCUT2D eigenvalue weighted by atomic mass is 10.2. The van der Waals surface area contributed by atoms with Gasteiger partial charge in [0, 0.05) is 6.20 Å². The van der Waals surface area contributed by atoms with Gasteiger partial charge in [-0.05, 0) is 6.07 Å². The van der Waals surface area contributed by atoms with Crippen molar-refractivity contribution in [1.82, 2.24) is 15.0 Å². The molecule has 0 aliphatic rings. The van der Waals surface area contributed by atoms with E-state index < -0.39 is 0 Å². The molecule has 0 atom stereocenters. The van der Waals surface area contributed by atoms with Crippen molar-refractivity contribution in [1.29, 1.82) is 0 Å². The van der Waals surface area contributed by atoms with E-state index in [-0.39, 0.29) is 0 Å². The summed E-state index contributed by atoms with van der Waals surface area (Å²) in [5.74, 6) is 2.54. The maximum Gasteiger partial charge on any atom is 0.178 e. The third-order valence-corrected chi connectivity index (χ3v) is 1.48. The van der Waals surface area contributed by atoms with Crippen LogP contribution in [0.15, 0.2) is 18.6 Å². The summed E-state index contributed by atoms with van der Waals surface area (Å²) in [6, 6.07) is 1.78.